The van der Waals surface area contributed by atoms with Crippen LogP contribution in [0.25, 0.3) is 16.6 Å². The maximum absolute atomic E-state index is 12.7. The number of aryl methyl sites for hydroxylation is 1. The van der Waals surface area contributed by atoms with Crippen molar-refractivity contribution in [2.45, 2.75) is 52.4 Å². The van der Waals surface area contributed by atoms with E-state index in [0.717, 1.165) is 48.1 Å². The molecule has 3 N–H and O–H groups in total. The molecule has 1 aliphatic carbocycles. The van der Waals surface area contributed by atoms with Crippen molar-refractivity contribution < 1.29 is 9.18 Å². The highest BCUT2D eigenvalue weighted by Gasteiger charge is 2.28. The van der Waals surface area contributed by atoms with Crippen molar-refractivity contribution in [1.82, 2.24) is 19.7 Å². The number of carbonyl (C=O) groups excluding carboxylic acids is 1. The Morgan fingerprint density at radius 2 is 1.92 bits per heavy atom. The summed E-state index contributed by atoms with van der Waals surface area (Å²) in [5.41, 5.74) is 10.2. The standard InChI is InChI=1S/C22H23N5O2.C7H9F/c1-3-5-18(28)26-11-4-6-15(12-26)17-13-27(16-9-7-14(2)8-10-16)20-19(17)22(29)25-24-21(20)23;1-6-4-2-3-5-7(6)8/h7-10,13,15H,4,6,11-12H2,1-2H3,(H2,23,24)(H,25,29);4-5H,2-3H2,1H3. The van der Waals surface area contributed by atoms with E-state index in [9.17, 15) is 14.0 Å². The van der Waals surface area contributed by atoms with E-state index in [1.165, 1.54) is 0 Å². The number of amides is 1. The molecule has 0 saturated carbocycles. The second kappa shape index (κ2) is 11.3. The van der Waals surface area contributed by atoms with Gasteiger partial charge in [0.1, 0.15) is 11.3 Å². The first-order chi connectivity index (χ1) is 17.8. The zero-order chi connectivity index (χ0) is 26.5. The van der Waals surface area contributed by atoms with Crippen molar-refractivity contribution in [3.8, 4) is 17.5 Å². The Kier molecular flexibility index (Phi) is 7.92. The van der Waals surface area contributed by atoms with E-state index in [1.54, 1.807) is 24.8 Å². The zero-order valence-corrected chi connectivity index (χ0v) is 21.5. The average Bonchev–Trinajstić information content (AvgIpc) is 3.31. The number of nitrogens with zero attached hydrogens (tertiary/aromatic N) is 3. The van der Waals surface area contributed by atoms with Gasteiger partial charge in [-0.3, -0.25) is 9.59 Å². The SMILES string of the molecule is CC#CC(=O)N1CCCC(c2cn(-c3ccc(C)cc3)c3c(N)n[nH]c(=O)c23)C1.CC1=CCCC=C1F. The number of rotatable bonds is 2. The van der Waals surface area contributed by atoms with Crippen molar-refractivity contribution in [3.63, 3.8) is 0 Å². The summed E-state index contributed by atoms with van der Waals surface area (Å²) in [6.45, 7) is 6.69. The van der Waals surface area contributed by atoms with Crippen LogP contribution in [0.15, 0.2) is 58.8 Å². The lowest BCUT2D eigenvalue weighted by molar-refractivity contribution is -0.126. The van der Waals surface area contributed by atoms with E-state index in [0.29, 0.717) is 24.0 Å². The lowest BCUT2D eigenvalue weighted by atomic mass is 9.90. The summed E-state index contributed by atoms with van der Waals surface area (Å²) in [7, 11) is 0. The Morgan fingerprint density at radius 3 is 2.57 bits per heavy atom. The molecule has 0 bridgehead atoms. The largest absolute Gasteiger partial charge is 0.381 e. The van der Waals surface area contributed by atoms with Crippen molar-refractivity contribution in [2.75, 3.05) is 18.8 Å². The Morgan fingerprint density at radius 1 is 1.19 bits per heavy atom. The summed E-state index contributed by atoms with van der Waals surface area (Å²) >= 11 is 0. The third kappa shape index (κ3) is 5.67. The summed E-state index contributed by atoms with van der Waals surface area (Å²) < 4.78 is 14.3. The molecule has 8 heteroatoms. The molecule has 1 unspecified atom stereocenters. The van der Waals surface area contributed by atoms with Crippen LogP contribution in [0.3, 0.4) is 0 Å². The van der Waals surface area contributed by atoms with Gasteiger partial charge in [0.25, 0.3) is 11.5 Å². The number of halogens is 1. The number of hydrogen-bond donors (Lipinski definition) is 2. The molecule has 192 valence electrons. The second-order valence-electron chi connectivity index (χ2n) is 9.43. The maximum Gasteiger partial charge on any atom is 0.298 e. The van der Waals surface area contributed by atoms with Gasteiger partial charge in [-0.1, -0.05) is 29.7 Å². The molecule has 1 fully saturated rings. The van der Waals surface area contributed by atoms with Crippen LogP contribution in [0, 0.1) is 18.8 Å². The lowest BCUT2D eigenvalue weighted by Gasteiger charge is -2.31. The monoisotopic (exact) mass is 501 g/mol. The molecule has 7 nitrogen and oxygen atoms in total. The smallest absolute Gasteiger partial charge is 0.298 e. The van der Waals surface area contributed by atoms with Gasteiger partial charge in [-0.25, -0.2) is 9.49 Å². The second-order valence-corrected chi connectivity index (χ2v) is 9.43. The minimum Gasteiger partial charge on any atom is -0.381 e. The summed E-state index contributed by atoms with van der Waals surface area (Å²) in [5.74, 6) is 5.37. The minimum atomic E-state index is -0.271. The first-order valence-electron chi connectivity index (χ1n) is 12.5. The van der Waals surface area contributed by atoms with Gasteiger partial charge in [-0.2, -0.15) is 5.10 Å². The number of nitrogens with two attached hydrogens (primary N) is 1. The molecule has 1 aromatic carbocycles. The maximum atomic E-state index is 12.7. The van der Waals surface area contributed by atoms with E-state index >= 15 is 0 Å². The molecule has 1 atom stereocenters. The van der Waals surface area contributed by atoms with Gasteiger partial charge < -0.3 is 15.2 Å². The van der Waals surface area contributed by atoms with Crippen LogP contribution in [0.2, 0.25) is 0 Å². The van der Waals surface area contributed by atoms with Crippen LogP contribution in [-0.4, -0.2) is 38.7 Å². The highest BCUT2D eigenvalue weighted by molar-refractivity contribution is 5.94. The fourth-order valence-electron chi connectivity index (χ4n) is 4.82. The van der Waals surface area contributed by atoms with Gasteiger partial charge in [0.15, 0.2) is 5.82 Å². The quantitative estimate of drug-likeness (QED) is 0.488. The van der Waals surface area contributed by atoms with E-state index in [-0.39, 0.29) is 29.0 Å². The minimum absolute atomic E-state index is 0.0310. The van der Waals surface area contributed by atoms with E-state index < -0.39 is 0 Å². The zero-order valence-electron chi connectivity index (χ0n) is 21.5. The number of allylic oxidation sites excluding steroid dienone is 4. The molecular weight excluding hydrogens is 469 g/mol. The summed E-state index contributed by atoms with van der Waals surface area (Å²) in [6.07, 6.45) is 9.13. The molecule has 0 spiro atoms. The lowest BCUT2D eigenvalue weighted by Crippen LogP contribution is -2.38. The Hall–Kier alpha value is -4.12. The molecule has 0 radical (unpaired) electrons. The molecule has 1 saturated heterocycles. The van der Waals surface area contributed by atoms with Crippen LogP contribution >= 0.6 is 0 Å². The van der Waals surface area contributed by atoms with E-state index in [2.05, 4.69) is 22.0 Å². The van der Waals surface area contributed by atoms with Gasteiger partial charge in [-0.15, -0.1) is 0 Å². The first-order valence-corrected chi connectivity index (χ1v) is 12.5. The van der Waals surface area contributed by atoms with Gasteiger partial charge >= 0.3 is 0 Å². The highest BCUT2D eigenvalue weighted by Crippen LogP contribution is 2.34. The fraction of sp³-hybridized carbons (Fsp3) is 0.345. The van der Waals surface area contributed by atoms with Crippen molar-refractivity contribution in [1.29, 1.82) is 0 Å². The molecule has 5 rings (SSSR count). The molecule has 1 amide bonds. The van der Waals surface area contributed by atoms with Crippen LogP contribution in [0.1, 0.15) is 56.6 Å². The van der Waals surface area contributed by atoms with Crippen molar-refractivity contribution in [3.05, 3.63) is 75.5 Å². The number of piperidine rings is 1. The van der Waals surface area contributed by atoms with Crippen LogP contribution in [0.4, 0.5) is 10.2 Å². The highest BCUT2D eigenvalue weighted by atomic mass is 19.1. The molecule has 3 heterocycles. The van der Waals surface area contributed by atoms with Crippen LogP contribution in [0.5, 0.6) is 0 Å². The fourth-order valence-corrected chi connectivity index (χ4v) is 4.82. The number of aromatic nitrogens is 3. The predicted molar refractivity (Wildman–Crippen MR) is 145 cm³/mol. The predicted octanol–water partition coefficient (Wildman–Crippen LogP) is 4.91. The van der Waals surface area contributed by atoms with Gasteiger partial charge in [0, 0.05) is 30.9 Å². The summed E-state index contributed by atoms with van der Waals surface area (Å²) in [6, 6.07) is 8.02. The van der Waals surface area contributed by atoms with Gasteiger partial charge in [0.2, 0.25) is 0 Å². The number of fused-ring (bicyclic) bond motifs is 1. The molecule has 1 aliphatic heterocycles. The van der Waals surface area contributed by atoms with E-state index in [1.807, 2.05) is 48.0 Å². The number of carbonyl (C=O) groups is 1. The number of aromatic amines is 1. The van der Waals surface area contributed by atoms with E-state index in [4.69, 9.17) is 5.73 Å². The van der Waals surface area contributed by atoms with Crippen molar-refractivity contribution >= 4 is 22.6 Å². The van der Waals surface area contributed by atoms with Crippen molar-refractivity contribution in [2.24, 2.45) is 0 Å². The Balaban J connectivity index is 0.000000342. The number of benzene rings is 1. The normalized spacial score (nSPS) is 17.2. The molecule has 3 aromatic rings. The van der Waals surface area contributed by atoms with Gasteiger partial charge in [0.05, 0.1) is 5.39 Å². The van der Waals surface area contributed by atoms with Crippen LogP contribution < -0.4 is 11.3 Å². The third-order valence-electron chi connectivity index (χ3n) is 6.79. The number of anilines is 1. The number of nitrogen functional groups attached to an aromatic ring is 1. The average molecular weight is 502 g/mol. The van der Waals surface area contributed by atoms with Crippen LogP contribution in [-0.2, 0) is 4.79 Å². The molecule has 37 heavy (non-hydrogen) atoms. The Bertz CT molecular complexity index is 1470. The topological polar surface area (TPSA) is 97.0 Å². The number of likely N-dealkylation sites (tertiary alicyclic amines) is 1. The third-order valence-corrected chi connectivity index (χ3v) is 6.79. The van der Waals surface area contributed by atoms with Gasteiger partial charge in [-0.05, 0) is 81.7 Å². The number of H-pyrrole nitrogens is 1. The summed E-state index contributed by atoms with van der Waals surface area (Å²) in [5, 5.41) is 7.02. The molecule has 2 aliphatic rings. The first kappa shape index (κ1) is 26.0. The molecular formula is C29H32FN5O2. The Labute approximate surface area is 215 Å². The molecule has 2 aromatic heterocycles. The summed E-state index contributed by atoms with van der Waals surface area (Å²) in [4.78, 5) is 26.8. The number of hydrogen-bond acceptors (Lipinski definition) is 4. The number of nitrogens with one attached hydrogen (secondary N) is 1.